The molecule has 0 bridgehead atoms. The highest BCUT2D eigenvalue weighted by Crippen LogP contribution is 2.29. The van der Waals surface area contributed by atoms with Crippen LogP contribution in [0.2, 0.25) is 0 Å². The molecule has 0 radical (unpaired) electrons. The minimum absolute atomic E-state index is 0.0846. The number of hydrogen-bond acceptors (Lipinski definition) is 7. The molecule has 9 nitrogen and oxygen atoms in total. The van der Waals surface area contributed by atoms with Crippen LogP contribution in [-0.2, 0) is 11.2 Å². The molecule has 0 fully saturated rings. The number of benzene rings is 2. The molecule has 3 amide bonds. The van der Waals surface area contributed by atoms with E-state index in [1.54, 1.807) is 31.2 Å². The summed E-state index contributed by atoms with van der Waals surface area (Å²) in [5.41, 5.74) is 1.44. The lowest BCUT2D eigenvalue weighted by molar-refractivity contribution is -0.304. The van der Waals surface area contributed by atoms with Crippen molar-refractivity contribution in [3.63, 3.8) is 0 Å². The number of imide groups is 1. The van der Waals surface area contributed by atoms with Crippen LogP contribution in [0, 0.1) is 6.92 Å². The maximum atomic E-state index is 12.7. The standard InChI is InChI=1S/C21H15N3O6/c1-11-8-17(23-30-11)24-20(28)15-7-4-13(10-16(15)21(24)29)19(27)22-14-5-2-12(3-6-14)9-18(25)26/h2-8,10H,9H2,1H3,(H,22,27)(H,25,26)/p-1. The Hall–Kier alpha value is -4.27. The zero-order valence-electron chi connectivity index (χ0n) is 15.7. The molecule has 9 heteroatoms. The summed E-state index contributed by atoms with van der Waals surface area (Å²) in [6, 6.07) is 11.9. The second kappa shape index (κ2) is 7.28. The topological polar surface area (TPSA) is 133 Å². The predicted molar refractivity (Wildman–Crippen MR) is 102 cm³/mol. The summed E-state index contributed by atoms with van der Waals surface area (Å²) >= 11 is 0. The number of nitrogens with one attached hydrogen (secondary N) is 1. The minimum atomic E-state index is -1.20. The predicted octanol–water partition coefficient (Wildman–Crippen LogP) is 1.33. The van der Waals surface area contributed by atoms with Crippen molar-refractivity contribution in [3.05, 3.63) is 76.5 Å². The lowest BCUT2D eigenvalue weighted by atomic mass is 10.1. The van der Waals surface area contributed by atoms with Crippen molar-refractivity contribution in [1.82, 2.24) is 5.16 Å². The fraction of sp³-hybridized carbons (Fsp3) is 0.0952. The maximum absolute atomic E-state index is 12.7. The summed E-state index contributed by atoms with van der Waals surface area (Å²) in [6.07, 6.45) is -0.225. The number of carbonyl (C=O) groups is 4. The Bertz CT molecular complexity index is 1200. The molecule has 2 aromatic carbocycles. The molecule has 0 unspecified atom stereocenters. The molecule has 1 aliphatic rings. The van der Waals surface area contributed by atoms with E-state index in [0.717, 1.165) is 4.90 Å². The zero-order valence-corrected chi connectivity index (χ0v) is 15.7. The summed E-state index contributed by atoms with van der Waals surface area (Å²) in [5, 5.41) is 17.0. The Morgan fingerprint density at radius 3 is 2.37 bits per heavy atom. The van der Waals surface area contributed by atoms with Gasteiger partial charge >= 0.3 is 0 Å². The molecule has 4 rings (SSSR count). The Balaban J connectivity index is 1.54. The van der Waals surface area contributed by atoms with E-state index < -0.39 is 23.7 Å². The summed E-state index contributed by atoms with van der Waals surface area (Å²) in [4.78, 5) is 49.4. The zero-order chi connectivity index (χ0) is 21.4. The molecule has 1 aromatic heterocycles. The molecule has 3 aromatic rings. The number of aromatic nitrogens is 1. The van der Waals surface area contributed by atoms with Gasteiger partial charge in [-0.25, -0.2) is 4.90 Å². The Kier molecular flexibility index (Phi) is 4.63. The molecule has 0 saturated heterocycles. The monoisotopic (exact) mass is 404 g/mol. The van der Waals surface area contributed by atoms with E-state index in [0.29, 0.717) is 17.0 Å². The van der Waals surface area contributed by atoms with Gasteiger partial charge in [-0.1, -0.05) is 17.3 Å². The highest BCUT2D eigenvalue weighted by Gasteiger charge is 2.38. The summed E-state index contributed by atoms with van der Waals surface area (Å²) in [5.74, 6) is -2.28. The average molecular weight is 404 g/mol. The number of nitrogens with zero attached hydrogens (tertiary/aromatic N) is 2. The highest BCUT2D eigenvalue weighted by atomic mass is 16.5. The molecular formula is C21H14N3O6-. The van der Waals surface area contributed by atoms with Gasteiger partial charge < -0.3 is 19.7 Å². The van der Waals surface area contributed by atoms with Gasteiger partial charge in [-0.2, -0.15) is 0 Å². The van der Waals surface area contributed by atoms with Crippen LogP contribution in [0.15, 0.2) is 53.1 Å². The normalized spacial score (nSPS) is 12.8. The summed E-state index contributed by atoms with van der Waals surface area (Å²) < 4.78 is 4.93. The van der Waals surface area contributed by atoms with Crippen LogP contribution in [0.25, 0.3) is 0 Å². The molecule has 1 N–H and O–H groups in total. The van der Waals surface area contributed by atoms with Gasteiger partial charge in [0, 0.05) is 29.7 Å². The number of carbonyl (C=O) groups excluding carboxylic acids is 4. The van der Waals surface area contributed by atoms with Crippen LogP contribution in [0.5, 0.6) is 0 Å². The van der Waals surface area contributed by atoms with Crippen LogP contribution in [0.3, 0.4) is 0 Å². The number of hydrogen-bond donors (Lipinski definition) is 1. The first-order valence-electron chi connectivity index (χ1n) is 8.90. The molecule has 0 saturated carbocycles. The Labute approximate surface area is 169 Å². The van der Waals surface area contributed by atoms with E-state index in [2.05, 4.69) is 10.5 Å². The number of aliphatic carboxylic acids is 1. The fourth-order valence-corrected chi connectivity index (χ4v) is 3.12. The van der Waals surface area contributed by atoms with Gasteiger partial charge in [0.1, 0.15) is 5.76 Å². The molecule has 0 atom stereocenters. The molecular weight excluding hydrogens is 390 g/mol. The first-order chi connectivity index (χ1) is 14.3. The van der Waals surface area contributed by atoms with E-state index in [1.165, 1.54) is 24.3 Å². The van der Waals surface area contributed by atoms with Crippen LogP contribution in [0.4, 0.5) is 11.5 Å². The quantitative estimate of drug-likeness (QED) is 0.634. The van der Waals surface area contributed by atoms with Gasteiger partial charge in [0.25, 0.3) is 17.7 Å². The smallest absolute Gasteiger partial charge is 0.267 e. The molecule has 0 aliphatic carbocycles. The third-order valence-electron chi connectivity index (χ3n) is 4.55. The van der Waals surface area contributed by atoms with Crippen molar-refractivity contribution >= 4 is 35.2 Å². The fourth-order valence-electron chi connectivity index (χ4n) is 3.12. The maximum Gasteiger partial charge on any atom is 0.267 e. The third-order valence-corrected chi connectivity index (χ3v) is 4.55. The lowest BCUT2D eigenvalue weighted by Gasteiger charge is -2.08. The first-order valence-corrected chi connectivity index (χ1v) is 8.90. The number of fused-ring (bicyclic) bond motifs is 1. The van der Waals surface area contributed by atoms with Crippen LogP contribution >= 0.6 is 0 Å². The number of aryl methyl sites for hydroxylation is 1. The van der Waals surface area contributed by atoms with Crippen LogP contribution in [-0.4, -0.2) is 28.8 Å². The van der Waals surface area contributed by atoms with Gasteiger partial charge in [0.15, 0.2) is 5.82 Å². The van der Waals surface area contributed by atoms with E-state index >= 15 is 0 Å². The summed E-state index contributed by atoms with van der Waals surface area (Å²) in [6.45, 7) is 1.64. The minimum Gasteiger partial charge on any atom is -0.550 e. The van der Waals surface area contributed by atoms with Crippen molar-refractivity contribution in [2.45, 2.75) is 13.3 Å². The van der Waals surface area contributed by atoms with Gasteiger partial charge in [-0.3, -0.25) is 14.4 Å². The molecule has 1 aliphatic heterocycles. The molecule has 150 valence electrons. The second-order valence-electron chi connectivity index (χ2n) is 6.70. The summed E-state index contributed by atoms with van der Waals surface area (Å²) in [7, 11) is 0. The Morgan fingerprint density at radius 1 is 1.03 bits per heavy atom. The average Bonchev–Trinajstić information content (AvgIpc) is 3.23. The molecule has 0 spiro atoms. The third kappa shape index (κ3) is 3.44. The van der Waals surface area contributed by atoms with Gasteiger partial charge in [0.2, 0.25) is 0 Å². The molecule has 2 heterocycles. The SMILES string of the molecule is Cc1cc(N2C(=O)c3ccc(C(=O)Nc4ccc(CC(=O)[O-])cc4)cc3C2=O)no1. The van der Waals surface area contributed by atoms with Crippen LogP contribution in [0.1, 0.15) is 42.4 Å². The Morgan fingerprint density at radius 2 is 1.73 bits per heavy atom. The number of rotatable bonds is 5. The van der Waals surface area contributed by atoms with Crippen LogP contribution < -0.4 is 15.3 Å². The number of carboxylic acids is 1. The van der Waals surface area contributed by atoms with Gasteiger partial charge in [0.05, 0.1) is 11.1 Å². The number of anilines is 2. The number of amides is 3. The highest BCUT2D eigenvalue weighted by molar-refractivity contribution is 6.34. The van der Waals surface area contributed by atoms with E-state index in [9.17, 15) is 24.3 Å². The van der Waals surface area contributed by atoms with Gasteiger partial charge in [-0.05, 0) is 42.8 Å². The first kappa shape index (κ1) is 19.1. The van der Waals surface area contributed by atoms with Crippen molar-refractivity contribution in [3.8, 4) is 0 Å². The van der Waals surface area contributed by atoms with E-state index in [-0.39, 0.29) is 28.9 Å². The number of carboxylic acid groups (broad SMARTS) is 1. The van der Waals surface area contributed by atoms with E-state index in [4.69, 9.17) is 4.52 Å². The molecule has 30 heavy (non-hydrogen) atoms. The van der Waals surface area contributed by atoms with Crippen molar-refractivity contribution in [1.29, 1.82) is 0 Å². The second-order valence-corrected chi connectivity index (χ2v) is 6.70. The largest absolute Gasteiger partial charge is 0.550 e. The van der Waals surface area contributed by atoms with Crippen molar-refractivity contribution in [2.24, 2.45) is 0 Å². The lowest BCUT2D eigenvalue weighted by Crippen LogP contribution is -2.29. The van der Waals surface area contributed by atoms with Crippen molar-refractivity contribution in [2.75, 3.05) is 10.2 Å². The van der Waals surface area contributed by atoms with Gasteiger partial charge in [-0.15, -0.1) is 0 Å². The van der Waals surface area contributed by atoms with Crippen molar-refractivity contribution < 1.29 is 28.8 Å². The van der Waals surface area contributed by atoms with E-state index in [1.807, 2.05) is 0 Å².